The molecule has 25 heavy (non-hydrogen) atoms. The van der Waals surface area contributed by atoms with E-state index in [-0.39, 0.29) is 12.5 Å². The smallest absolute Gasteiger partial charge is 0.413 e. The number of rotatable bonds is 17. The molecule has 0 saturated heterocycles. The molecule has 4 nitrogen and oxygen atoms in total. The average Bonchev–Trinajstić information content (AvgIpc) is 2.58. The molecule has 0 aliphatic rings. The Labute approximate surface area is 155 Å². The third-order valence-corrected chi connectivity index (χ3v) is 4.52. The second-order valence-electron chi connectivity index (χ2n) is 6.97. The zero-order valence-electron chi connectivity index (χ0n) is 16.7. The SMILES string of the molecule is CCCCCCCCCCCCCCCCCC(=O)NC(=O)OCC. The van der Waals surface area contributed by atoms with Crippen molar-refractivity contribution in [2.45, 2.75) is 117 Å². The molecule has 0 atom stereocenters. The average molecular weight is 356 g/mol. The highest BCUT2D eigenvalue weighted by atomic mass is 16.5. The van der Waals surface area contributed by atoms with Crippen LogP contribution < -0.4 is 5.32 Å². The lowest BCUT2D eigenvalue weighted by Gasteiger charge is -2.04. The fraction of sp³-hybridized carbons (Fsp3) is 0.905. The van der Waals surface area contributed by atoms with Gasteiger partial charge in [0.15, 0.2) is 0 Å². The lowest BCUT2D eigenvalue weighted by molar-refractivity contribution is -0.120. The van der Waals surface area contributed by atoms with Crippen molar-refractivity contribution in [1.82, 2.24) is 5.32 Å². The monoisotopic (exact) mass is 355 g/mol. The first-order valence-corrected chi connectivity index (χ1v) is 10.7. The van der Waals surface area contributed by atoms with Crippen molar-refractivity contribution >= 4 is 12.0 Å². The fourth-order valence-electron chi connectivity index (χ4n) is 3.00. The summed E-state index contributed by atoms with van der Waals surface area (Å²) in [6.45, 7) is 4.28. The van der Waals surface area contributed by atoms with Gasteiger partial charge in [-0.3, -0.25) is 10.1 Å². The lowest BCUT2D eigenvalue weighted by atomic mass is 10.0. The maximum Gasteiger partial charge on any atom is 0.413 e. The van der Waals surface area contributed by atoms with Gasteiger partial charge in [0.2, 0.25) is 5.91 Å². The molecular formula is C21H41NO3. The molecule has 0 spiro atoms. The van der Waals surface area contributed by atoms with E-state index in [1.807, 2.05) is 0 Å². The van der Waals surface area contributed by atoms with Crippen LogP contribution in [0.2, 0.25) is 0 Å². The number of alkyl carbamates (subject to hydrolysis) is 1. The van der Waals surface area contributed by atoms with Crippen LogP contribution in [-0.4, -0.2) is 18.6 Å². The van der Waals surface area contributed by atoms with Crippen LogP contribution in [0, 0.1) is 0 Å². The van der Waals surface area contributed by atoms with Crippen LogP contribution >= 0.6 is 0 Å². The standard InChI is InChI=1S/C21H41NO3/c1-3-5-6-7-8-9-10-11-12-13-14-15-16-17-18-19-20(23)22-21(24)25-4-2/h3-19H2,1-2H3,(H,22,23,24). The molecule has 148 valence electrons. The van der Waals surface area contributed by atoms with E-state index in [0.29, 0.717) is 6.42 Å². The van der Waals surface area contributed by atoms with Gasteiger partial charge in [0.05, 0.1) is 6.61 Å². The largest absolute Gasteiger partial charge is 0.450 e. The summed E-state index contributed by atoms with van der Waals surface area (Å²) in [7, 11) is 0. The van der Waals surface area contributed by atoms with Gasteiger partial charge in [-0.25, -0.2) is 4.79 Å². The number of imide groups is 1. The van der Waals surface area contributed by atoms with Crippen molar-refractivity contribution in [1.29, 1.82) is 0 Å². The maximum atomic E-state index is 11.5. The molecule has 0 heterocycles. The van der Waals surface area contributed by atoms with Crippen LogP contribution in [0.1, 0.15) is 117 Å². The molecule has 0 rings (SSSR count). The van der Waals surface area contributed by atoms with Gasteiger partial charge in [0.1, 0.15) is 0 Å². The van der Waals surface area contributed by atoms with Gasteiger partial charge >= 0.3 is 6.09 Å². The summed E-state index contributed by atoms with van der Waals surface area (Å²) in [6.07, 6.45) is 19.4. The zero-order chi connectivity index (χ0) is 18.6. The first kappa shape index (κ1) is 23.9. The van der Waals surface area contributed by atoms with Crippen LogP contribution in [0.4, 0.5) is 4.79 Å². The van der Waals surface area contributed by atoms with Gasteiger partial charge in [-0.1, -0.05) is 96.8 Å². The van der Waals surface area contributed by atoms with E-state index >= 15 is 0 Å². The minimum atomic E-state index is -0.631. The number of carbonyl (C=O) groups excluding carboxylic acids is 2. The Balaban J connectivity index is 3.16. The van der Waals surface area contributed by atoms with E-state index in [1.54, 1.807) is 6.92 Å². The maximum absolute atomic E-state index is 11.5. The predicted octanol–water partition coefficient (Wildman–Crippen LogP) is 6.52. The van der Waals surface area contributed by atoms with E-state index in [0.717, 1.165) is 12.8 Å². The van der Waals surface area contributed by atoms with E-state index in [9.17, 15) is 9.59 Å². The molecule has 0 aliphatic carbocycles. The van der Waals surface area contributed by atoms with Gasteiger partial charge in [0, 0.05) is 6.42 Å². The Morgan fingerprint density at radius 2 is 1.04 bits per heavy atom. The van der Waals surface area contributed by atoms with Crippen LogP contribution in [0.15, 0.2) is 0 Å². The van der Waals surface area contributed by atoms with Gasteiger partial charge in [0.25, 0.3) is 0 Å². The molecule has 0 bridgehead atoms. The molecule has 2 amide bonds. The Hall–Kier alpha value is -1.06. The van der Waals surface area contributed by atoms with Crippen molar-refractivity contribution in [3.05, 3.63) is 0 Å². The Morgan fingerprint density at radius 3 is 1.44 bits per heavy atom. The number of carbonyl (C=O) groups is 2. The third kappa shape index (κ3) is 19.1. The van der Waals surface area contributed by atoms with Crippen molar-refractivity contribution in [3.63, 3.8) is 0 Å². The van der Waals surface area contributed by atoms with Crippen LogP contribution in [0.5, 0.6) is 0 Å². The molecule has 0 aromatic heterocycles. The van der Waals surface area contributed by atoms with Gasteiger partial charge in [-0.05, 0) is 13.3 Å². The molecule has 0 saturated carbocycles. The Kier molecular flexibility index (Phi) is 18.5. The zero-order valence-corrected chi connectivity index (χ0v) is 16.7. The quantitative estimate of drug-likeness (QED) is 0.302. The Bertz CT molecular complexity index is 318. The summed E-state index contributed by atoms with van der Waals surface area (Å²) in [5.74, 6) is -0.229. The summed E-state index contributed by atoms with van der Waals surface area (Å²) in [4.78, 5) is 22.5. The summed E-state index contributed by atoms with van der Waals surface area (Å²) >= 11 is 0. The van der Waals surface area contributed by atoms with E-state index in [4.69, 9.17) is 0 Å². The van der Waals surface area contributed by atoms with Crippen molar-refractivity contribution in [3.8, 4) is 0 Å². The van der Waals surface area contributed by atoms with Gasteiger partial charge in [-0.15, -0.1) is 0 Å². The van der Waals surface area contributed by atoms with Crippen molar-refractivity contribution in [2.24, 2.45) is 0 Å². The summed E-state index contributed by atoms with van der Waals surface area (Å²) in [6, 6.07) is 0. The van der Waals surface area contributed by atoms with Gasteiger partial charge < -0.3 is 4.74 Å². The highest BCUT2D eigenvalue weighted by molar-refractivity contribution is 5.91. The fourth-order valence-corrected chi connectivity index (χ4v) is 3.00. The van der Waals surface area contributed by atoms with Crippen LogP contribution in [0.25, 0.3) is 0 Å². The number of ether oxygens (including phenoxy) is 1. The minimum absolute atomic E-state index is 0.229. The second kappa shape index (κ2) is 19.3. The third-order valence-electron chi connectivity index (χ3n) is 4.52. The molecular weight excluding hydrogens is 314 g/mol. The van der Waals surface area contributed by atoms with Crippen molar-refractivity contribution < 1.29 is 14.3 Å². The highest BCUT2D eigenvalue weighted by Crippen LogP contribution is 2.13. The molecule has 0 aromatic carbocycles. The van der Waals surface area contributed by atoms with Crippen LogP contribution in [0.3, 0.4) is 0 Å². The number of hydrogen-bond donors (Lipinski definition) is 1. The molecule has 0 fully saturated rings. The lowest BCUT2D eigenvalue weighted by Crippen LogP contribution is -2.30. The normalized spacial score (nSPS) is 10.6. The molecule has 4 heteroatoms. The molecule has 0 aliphatic heterocycles. The highest BCUT2D eigenvalue weighted by Gasteiger charge is 2.07. The van der Waals surface area contributed by atoms with E-state index in [1.165, 1.54) is 83.5 Å². The first-order valence-electron chi connectivity index (χ1n) is 10.7. The van der Waals surface area contributed by atoms with Crippen molar-refractivity contribution in [2.75, 3.05) is 6.61 Å². The topological polar surface area (TPSA) is 55.4 Å². The summed E-state index contributed by atoms with van der Waals surface area (Å²) in [5, 5.41) is 2.23. The number of hydrogen-bond acceptors (Lipinski definition) is 3. The first-order chi connectivity index (χ1) is 12.2. The van der Waals surface area contributed by atoms with Crippen LogP contribution in [-0.2, 0) is 9.53 Å². The minimum Gasteiger partial charge on any atom is -0.450 e. The number of unbranched alkanes of at least 4 members (excludes halogenated alkanes) is 14. The van der Waals surface area contributed by atoms with E-state index in [2.05, 4.69) is 17.0 Å². The second-order valence-corrected chi connectivity index (χ2v) is 6.97. The Morgan fingerprint density at radius 1 is 0.640 bits per heavy atom. The molecule has 0 radical (unpaired) electrons. The molecule has 0 unspecified atom stereocenters. The molecule has 0 aromatic rings. The van der Waals surface area contributed by atoms with E-state index < -0.39 is 6.09 Å². The molecule has 1 N–H and O–H groups in total. The number of amides is 2. The number of nitrogens with one attached hydrogen (secondary N) is 1. The van der Waals surface area contributed by atoms with Gasteiger partial charge in [-0.2, -0.15) is 0 Å². The predicted molar refractivity (Wildman–Crippen MR) is 105 cm³/mol. The summed E-state index contributed by atoms with van der Waals surface area (Å²) in [5.41, 5.74) is 0. The summed E-state index contributed by atoms with van der Waals surface area (Å²) < 4.78 is 4.67.